The SMILES string of the molecule is CCSc1nnc2c(n1)O[C@H](c1ccc(OC)cc1OC)Nc1ccccc1-2. The zero-order valence-electron chi connectivity index (χ0n) is 15.8. The number of benzene rings is 2. The minimum absolute atomic E-state index is 0.436. The van der Waals surface area contributed by atoms with Crippen LogP contribution in [0.1, 0.15) is 18.7 Å². The van der Waals surface area contributed by atoms with Gasteiger partial charge in [0.1, 0.15) is 11.5 Å². The molecule has 0 fully saturated rings. The van der Waals surface area contributed by atoms with Crippen LogP contribution in [-0.4, -0.2) is 35.2 Å². The van der Waals surface area contributed by atoms with E-state index in [9.17, 15) is 0 Å². The highest BCUT2D eigenvalue weighted by molar-refractivity contribution is 7.99. The summed E-state index contributed by atoms with van der Waals surface area (Å²) in [5, 5.41) is 12.6. The van der Waals surface area contributed by atoms with Crippen molar-refractivity contribution < 1.29 is 14.2 Å². The summed E-state index contributed by atoms with van der Waals surface area (Å²) in [7, 11) is 3.24. The van der Waals surface area contributed by atoms with E-state index in [2.05, 4.69) is 20.5 Å². The van der Waals surface area contributed by atoms with Crippen molar-refractivity contribution in [2.75, 3.05) is 25.3 Å². The number of nitrogens with zero attached hydrogens (tertiary/aromatic N) is 3. The third kappa shape index (κ3) is 3.43. The maximum atomic E-state index is 6.27. The Bertz CT molecular complexity index is 999. The van der Waals surface area contributed by atoms with E-state index in [0.29, 0.717) is 28.2 Å². The molecule has 8 heteroatoms. The Hall–Kier alpha value is -3.00. The molecule has 0 unspecified atom stereocenters. The molecule has 0 saturated carbocycles. The quantitative estimate of drug-likeness (QED) is 0.644. The molecule has 0 radical (unpaired) electrons. The van der Waals surface area contributed by atoms with Gasteiger partial charge in [0.15, 0.2) is 5.69 Å². The third-order valence-electron chi connectivity index (χ3n) is 4.33. The van der Waals surface area contributed by atoms with Crippen molar-refractivity contribution in [3.63, 3.8) is 0 Å². The number of thioether (sulfide) groups is 1. The van der Waals surface area contributed by atoms with Gasteiger partial charge in [0.2, 0.25) is 17.3 Å². The van der Waals surface area contributed by atoms with Gasteiger partial charge in [-0.15, -0.1) is 10.2 Å². The highest BCUT2D eigenvalue weighted by atomic mass is 32.2. The van der Waals surface area contributed by atoms with Gasteiger partial charge in [-0.05, 0) is 24.0 Å². The number of rotatable bonds is 5. The Labute approximate surface area is 167 Å². The number of hydrogen-bond donors (Lipinski definition) is 1. The van der Waals surface area contributed by atoms with Gasteiger partial charge in [-0.3, -0.25) is 0 Å². The summed E-state index contributed by atoms with van der Waals surface area (Å²) in [6.07, 6.45) is -0.514. The molecule has 1 aliphatic rings. The van der Waals surface area contributed by atoms with Gasteiger partial charge < -0.3 is 19.5 Å². The van der Waals surface area contributed by atoms with E-state index < -0.39 is 6.23 Å². The maximum absolute atomic E-state index is 6.27. The van der Waals surface area contributed by atoms with Crippen LogP contribution in [0.3, 0.4) is 0 Å². The smallest absolute Gasteiger partial charge is 0.247 e. The Morgan fingerprint density at radius 1 is 1.11 bits per heavy atom. The van der Waals surface area contributed by atoms with E-state index in [4.69, 9.17) is 14.2 Å². The van der Waals surface area contributed by atoms with E-state index in [1.807, 2.05) is 49.4 Å². The third-order valence-corrected chi connectivity index (χ3v) is 5.05. The summed E-state index contributed by atoms with van der Waals surface area (Å²) < 4.78 is 17.1. The van der Waals surface area contributed by atoms with Crippen molar-refractivity contribution >= 4 is 17.4 Å². The van der Waals surface area contributed by atoms with E-state index in [-0.39, 0.29) is 0 Å². The van der Waals surface area contributed by atoms with Gasteiger partial charge in [-0.25, -0.2) is 0 Å². The fourth-order valence-corrected chi connectivity index (χ4v) is 3.52. The predicted molar refractivity (Wildman–Crippen MR) is 108 cm³/mol. The van der Waals surface area contributed by atoms with Crippen LogP contribution >= 0.6 is 11.8 Å². The van der Waals surface area contributed by atoms with Crippen molar-refractivity contribution in [2.24, 2.45) is 0 Å². The summed E-state index contributed by atoms with van der Waals surface area (Å²) in [4.78, 5) is 4.59. The zero-order chi connectivity index (χ0) is 19.5. The summed E-state index contributed by atoms with van der Waals surface area (Å²) in [6, 6.07) is 13.5. The fraction of sp³-hybridized carbons (Fsp3) is 0.250. The highest BCUT2D eigenvalue weighted by Gasteiger charge is 2.28. The second-order valence-corrected chi connectivity index (χ2v) is 7.21. The lowest BCUT2D eigenvalue weighted by Gasteiger charge is -2.21. The molecular weight excluding hydrogens is 376 g/mol. The molecule has 1 atom stereocenters. The van der Waals surface area contributed by atoms with Gasteiger partial charge in [-0.2, -0.15) is 4.98 Å². The molecule has 144 valence electrons. The number of ether oxygens (including phenoxy) is 3. The molecule has 0 bridgehead atoms. The highest BCUT2D eigenvalue weighted by Crippen LogP contribution is 2.41. The Morgan fingerprint density at radius 3 is 2.75 bits per heavy atom. The predicted octanol–water partition coefficient (Wildman–Crippen LogP) is 4.17. The summed E-state index contributed by atoms with van der Waals surface area (Å²) in [5.74, 6) is 2.65. The molecule has 0 saturated heterocycles. The average Bonchev–Trinajstić information content (AvgIpc) is 2.89. The van der Waals surface area contributed by atoms with Crippen LogP contribution in [0.5, 0.6) is 17.4 Å². The molecule has 1 aliphatic heterocycles. The Kier molecular flexibility index (Phi) is 5.21. The topological polar surface area (TPSA) is 78.4 Å². The monoisotopic (exact) mass is 396 g/mol. The minimum atomic E-state index is -0.514. The van der Waals surface area contributed by atoms with E-state index in [1.54, 1.807) is 14.2 Å². The number of hydrogen-bond acceptors (Lipinski definition) is 8. The summed E-state index contributed by atoms with van der Waals surface area (Å²) in [6.45, 7) is 2.04. The largest absolute Gasteiger partial charge is 0.497 e. The molecule has 0 amide bonds. The van der Waals surface area contributed by atoms with Crippen molar-refractivity contribution in [2.45, 2.75) is 18.3 Å². The first kappa shape index (κ1) is 18.4. The summed E-state index contributed by atoms with van der Waals surface area (Å²) in [5.41, 5.74) is 3.21. The van der Waals surface area contributed by atoms with Gasteiger partial charge >= 0.3 is 0 Å². The molecule has 0 spiro atoms. The van der Waals surface area contributed by atoms with Crippen molar-refractivity contribution in [1.29, 1.82) is 0 Å². The zero-order valence-corrected chi connectivity index (χ0v) is 16.6. The van der Waals surface area contributed by atoms with Crippen molar-refractivity contribution in [3.05, 3.63) is 48.0 Å². The number of anilines is 1. The van der Waals surface area contributed by atoms with Crippen LogP contribution in [0, 0.1) is 0 Å². The van der Waals surface area contributed by atoms with Crippen LogP contribution in [0.4, 0.5) is 5.69 Å². The normalized spacial score (nSPS) is 14.8. The van der Waals surface area contributed by atoms with Crippen LogP contribution in [0.25, 0.3) is 11.3 Å². The second-order valence-electron chi connectivity index (χ2n) is 5.98. The molecule has 28 heavy (non-hydrogen) atoms. The lowest BCUT2D eigenvalue weighted by Crippen LogP contribution is -2.18. The van der Waals surface area contributed by atoms with Gasteiger partial charge in [0.05, 0.1) is 19.8 Å². The first-order chi connectivity index (χ1) is 13.7. The Balaban J connectivity index is 1.83. The van der Waals surface area contributed by atoms with Crippen LogP contribution < -0.4 is 19.5 Å². The van der Waals surface area contributed by atoms with Crippen LogP contribution in [0.2, 0.25) is 0 Å². The Morgan fingerprint density at radius 2 is 1.96 bits per heavy atom. The first-order valence-corrected chi connectivity index (χ1v) is 9.84. The number of para-hydroxylation sites is 1. The maximum Gasteiger partial charge on any atom is 0.247 e. The first-order valence-electron chi connectivity index (χ1n) is 8.85. The lowest BCUT2D eigenvalue weighted by molar-refractivity contribution is 0.219. The van der Waals surface area contributed by atoms with E-state index in [0.717, 1.165) is 22.6 Å². The van der Waals surface area contributed by atoms with Crippen molar-refractivity contribution in [3.8, 4) is 28.6 Å². The molecule has 4 rings (SSSR count). The number of fused-ring (bicyclic) bond motifs is 3. The van der Waals surface area contributed by atoms with Gasteiger partial charge in [0.25, 0.3) is 0 Å². The molecule has 3 aromatic rings. The number of aromatic nitrogens is 3. The standard InChI is InChI=1S/C20H20N4O3S/c1-4-28-20-22-19-17(23-24-20)13-7-5-6-8-15(13)21-18(27-19)14-10-9-12(25-2)11-16(14)26-3/h5-11,18,21H,4H2,1-3H3/t18-/m1/s1. The molecule has 1 aromatic heterocycles. The molecular formula is C20H20N4O3S. The molecule has 2 aromatic carbocycles. The molecule has 7 nitrogen and oxygen atoms in total. The molecule has 2 heterocycles. The average molecular weight is 396 g/mol. The number of methoxy groups -OCH3 is 2. The number of nitrogens with one attached hydrogen (secondary N) is 1. The lowest BCUT2D eigenvalue weighted by atomic mass is 10.1. The van der Waals surface area contributed by atoms with Gasteiger partial charge in [0, 0.05) is 17.3 Å². The van der Waals surface area contributed by atoms with Gasteiger partial charge in [-0.1, -0.05) is 36.9 Å². The molecule has 0 aliphatic carbocycles. The van der Waals surface area contributed by atoms with Crippen LogP contribution in [-0.2, 0) is 0 Å². The van der Waals surface area contributed by atoms with Crippen molar-refractivity contribution in [1.82, 2.24) is 15.2 Å². The second kappa shape index (κ2) is 7.93. The summed E-state index contributed by atoms with van der Waals surface area (Å²) >= 11 is 1.52. The molecule has 1 N–H and O–H groups in total. The van der Waals surface area contributed by atoms with E-state index in [1.165, 1.54) is 11.8 Å². The van der Waals surface area contributed by atoms with Crippen LogP contribution in [0.15, 0.2) is 47.6 Å². The van der Waals surface area contributed by atoms with E-state index >= 15 is 0 Å². The fourth-order valence-electron chi connectivity index (χ4n) is 3.01. The minimum Gasteiger partial charge on any atom is -0.497 e.